The molecule has 1 aliphatic rings. The van der Waals surface area contributed by atoms with E-state index in [1.165, 1.54) is 17.7 Å². The molecule has 1 aromatic rings. The fourth-order valence-corrected chi connectivity index (χ4v) is 3.42. The van der Waals surface area contributed by atoms with E-state index in [4.69, 9.17) is 5.11 Å². The Morgan fingerprint density at radius 1 is 1.50 bits per heavy atom. The Balaban J connectivity index is 2.19. The summed E-state index contributed by atoms with van der Waals surface area (Å²) in [6, 6.07) is 6.91. The van der Waals surface area contributed by atoms with Crippen molar-refractivity contribution in [2.75, 3.05) is 31.1 Å². The van der Waals surface area contributed by atoms with Gasteiger partial charge < -0.3 is 15.3 Å². The standard InChI is InChI=1S/C16H25BrN2O/c1-3-18-12(2)15-10-14(17)4-5-16(15)19-8-6-13(11-19)7-9-20/h4-5,10,12-13,18,20H,3,6-9,11H2,1-2H3. The van der Waals surface area contributed by atoms with E-state index < -0.39 is 0 Å². The normalized spacial score (nSPS) is 20.4. The van der Waals surface area contributed by atoms with E-state index in [2.05, 4.69) is 58.2 Å². The third-order valence-corrected chi connectivity index (χ3v) is 4.62. The van der Waals surface area contributed by atoms with Gasteiger partial charge in [0.1, 0.15) is 0 Å². The van der Waals surface area contributed by atoms with Crippen molar-refractivity contribution >= 4 is 21.6 Å². The van der Waals surface area contributed by atoms with Crippen LogP contribution in [0.15, 0.2) is 22.7 Å². The predicted octanol–water partition coefficient (Wildman–Crippen LogP) is 3.33. The molecule has 0 amide bonds. The minimum atomic E-state index is 0.305. The molecule has 2 N–H and O–H groups in total. The summed E-state index contributed by atoms with van der Waals surface area (Å²) >= 11 is 3.58. The molecule has 20 heavy (non-hydrogen) atoms. The van der Waals surface area contributed by atoms with Crippen molar-refractivity contribution in [2.45, 2.75) is 32.7 Å². The molecule has 0 aliphatic carbocycles. The number of aliphatic hydroxyl groups excluding tert-OH is 1. The van der Waals surface area contributed by atoms with Crippen LogP contribution in [-0.4, -0.2) is 31.3 Å². The molecule has 1 aromatic carbocycles. The van der Waals surface area contributed by atoms with E-state index in [1.54, 1.807) is 0 Å². The van der Waals surface area contributed by atoms with Crippen LogP contribution in [0.2, 0.25) is 0 Å². The lowest BCUT2D eigenvalue weighted by Gasteiger charge is -2.25. The fraction of sp³-hybridized carbons (Fsp3) is 0.625. The highest BCUT2D eigenvalue weighted by molar-refractivity contribution is 9.10. The number of halogens is 1. The first-order valence-electron chi connectivity index (χ1n) is 7.54. The lowest BCUT2D eigenvalue weighted by atomic mass is 10.0. The SMILES string of the molecule is CCNC(C)c1cc(Br)ccc1N1CCC(CCO)C1. The molecule has 0 radical (unpaired) electrons. The van der Waals surface area contributed by atoms with Crippen LogP contribution >= 0.6 is 15.9 Å². The lowest BCUT2D eigenvalue weighted by Crippen LogP contribution is -2.25. The minimum Gasteiger partial charge on any atom is -0.396 e. The van der Waals surface area contributed by atoms with Crippen LogP contribution in [0.5, 0.6) is 0 Å². The zero-order valence-electron chi connectivity index (χ0n) is 12.4. The van der Waals surface area contributed by atoms with Gasteiger partial charge in [-0.15, -0.1) is 0 Å². The Morgan fingerprint density at radius 3 is 3.00 bits per heavy atom. The molecule has 2 unspecified atom stereocenters. The van der Waals surface area contributed by atoms with Crippen LogP contribution in [0.4, 0.5) is 5.69 Å². The van der Waals surface area contributed by atoms with Gasteiger partial charge in [0, 0.05) is 35.9 Å². The van der Waals surface area contributed by atoms with Crippen LogP contribution in [-0.2, 0) is 0 Å². The molecule has 0 saturated carbocycles. The number of benzene rings is 1. The quantitative estimate of drug-likeness (QED) is 0.833. The maximum atomic E-state index is 9.10. The highest BCUT2D eigenvalue weighted by atomic mass is 79.9. The van der Waals surface area contributed by atoms with E-state index in [-0.39, 0.29) is 0 Å². The van der Waals surface area contributed by atoms with Gasteiger partial charge in [-0.1, -0.05) is 22.9 Å². The molecule has 1 saturated heterocycles. The Hall–Kier alpha value is -0.580. The molecular formula is C16H25BrN2O. The summed E-state index contributed by atoms with van der Waals surface area (Å²) in [5.41, 5.74) is 2.69. The Labute approximate surface area is 130 Å². The highest BCUT2D eigenvalue weighted by Crippen LogP contribution is 2.33. The van der Waals surface area contributed by atoms with Gasteiger partial charge >= 0.3 is 0 Å². The number of nitrogens with zero attached hydrogens (tertiary/aromatic N) is 1. The summed E-state index contributed by atoms with van der Waals surface area (Å²) in [6.07, 6.45) is 2.11. The van der Waals surface area contributed by atoms with Crippen LogP contribution in [0.1, 0.15) is 38.3 Å². The molecular weight excluding hydrogens is 316 g/mol. The van der Waals surface area contributed by atoms with Gasteiger partial charge in [-0.25, -0.2) is 0 Å². The molecule has 2 atom stereocenters. The molecule has 4 heteroatoms. The Kier molecular flexibility index (Phi) is 5.87. The fourth-order valence-electron chi connectivity index (χ4n) is 3.05. The van der Waals surface area contributed by atoms with Gasteiger partial charge in [-0.05, 0) is 56.0 Å². The molecule has 1 fully saturated rings. The average Bonchev–Trinajstić information content (AvgIpc) is 2.88. The van der Waals surface area contributed by atoms with Crippen molar-refractivity contribution < 1.29 is 5.11 Å². The van der Waals surface area contributed by atoms with Crippen LogP contribution < -0.4 is 10.2 Å². The molecule has 0 aromatic heterocycles. The van der Waals surface area contributed by atoms with Crippen molar-refractivity contribution in [3.8, 4) is 0 Å². The van der Waals surface area contributed by atoms with E-state index in [9.17, 15) is 0 Å². The van der Waals surface area contributed by atoms with Crippen LogP contribution in [0, 0.1) is 5.92 Å². The van der Waals surface area contributed by atoms with Crippen LogP contribution in [0.3, 0.4) is 0 Å². The summed E-state index contributed by atoms with van der Waals surface area (Å²) < 4.78 is 1.13. The van der Waals surface area contributed by atoms with Crippen LogP contribution in [0.25, 0.3) is 0 Å². The maximum absolute atomic E-state index is 9.10. The Bertz CT molecular complexity index is 438. The molecule has 2 rings (SSSR count). The number of anilines is 1. The molecule has 3 nitrogen and oxygen atoms in total. The summed E-state index contributed by atoms with van der Waals surface area (Å²) in [6.45, 7) is 7.79. The lowest BCUT2D eigenvalue weighted by molar-refractivity contribution is 0.263. The maximum Gasteiger partial charge on any atom is 0.0434 e. The summed E-state index contributed by atoms with van der Waals surface area (Å²) in [5.74, 6) is 0.630. The van der Waals surface area contributed by atoms with Crippen molar-refractivity contribution in [1.82, 2.24) is 5.32 Å². The van der Waals surface area contributed by atoms with Crippen molar-refractivity contribution in [3.63, 3.8) is 0 Å². The monoisotopic (exact) mass is 340 g/mol. The number of hydrogen-bond donors (Lipinski definition) is 2. The molecule has 1 heterocycles. The van der Waals surface area contributed by atoms with Gasteiger partial charge in [0.15, 0.2) is 0 Å². The van der Waals surface area contributed by atoms with E-state index in [0.29, 0.717) is 18.6 Å². The number of aliphatic hydroxyl groups is 1. The Morgan fingerprint density at radius 2 is 2.30 bits per heavy atom. The van der Waals surface area contributed by atoms with Gasteiger partial charge in [0.05, 0.1) is 0 Å². The summed E-state index contributed by atoms with van der Waals surface area (Å²) in [4.78, 5) is 2.47. The summed E-state index contributed by atoms with van der Waals surface area (Å²) in [7, 11) is 0. The number of nitrogens with one attached hydrogen (secondary N) is 1. The first kappa shape index (κ1) is 15.8. The average molecular weight is 341 g/mol. The van der Waals surface area contributed by atoms with Gasteiger partial charge in [-0.3, -0.25) is 0 Å². The molecule has 1 aliphatic heterocycles. The number of hydrogen-bond acceptors (Lipinski definition) is 3. The third kappa shape index (κ3) is 3.74. The van der Waals surface area contributed by atoms with Gasteiger partial charge in [0.25, 0.3) is 0 Å². The predicted molar refractivity (Wildman–Crippen MR) is 88.3 cm³/mol. The van der Waals surface area contributed by atoms with E-state index in [0.717, 1.165) is 30.5 Å². The smallest absolute Gasteiger partial charge is 0.0434 e. The number of rotatable bonds is 6. The van der Waals surface area contributed by atoms with E-state index >= 15 is 0 Å². The van der Waals surface area contributed by atoms with Crippen molar-refractivity contribution in [1.29, 1.82) is 0 Å². The molecule has 0 spiro atoms. The minimum absolute atomic E-state index is 0.305. The first-order chi connectivity index (χ1) is 9.65. The second-order valence-corrected chi connectivity index (χ2v) is 6.51. The van der Waals surface area contributed by atoms with Crippen molar-refractivity contribution in [3.05, 3.63) is 28.2 Å². The van der Waals surface area contributed by atoms with E-state index in [1.807, 2.05) is 0 Å². The second-order valence-electron chi connectivity index (χ2n) is 5.60. The largest absolute Gasteiger partial charge is 0.396 e. The van der Waals surface area contributed by atoms with Gasteiger partial charge in [0.2, 0.25) is 0 Å². The second kappa shape index (κ2) is 7.43. The van der Waals surface area contributed by atoms with Gasteiger partial charge in [-0.2, -0.15) is 0 Å². The highest BCUT2D eigenvalue weighted by Gasteiger charge is 2.24. The zero-order valence-corrected chi connectivity index (χ0v) is 14.0. The van der Waals surface area contributed by atoms with Crippen molar-refractivity contribution in [2.24, 2.45) is 5.92 Å². The topological polar surface area (TPSA) is 35.5 Å². The third-order valence-electron chi connectivity index (χ3n) is 4.13. The zero-order chi connectivity index (χ0) is 14.5. The molecule has 0 bridgehead atoms. The first-order valence-corrected chi connectivity index (χ1v) is 8.33. The molecule has 112 valence electrons. The summed E-state index contributed by atoms with van der Waals surface area (Å²) in [5, 5.41) is 12.6.